The van der Waals surface area contributed by atoms with Gasteiger partial charge in [0.1, 0.15) is 0 Å². The van der Waals surface area contributed by atoms with E-state index in [4.69, 9.17) is 4.98 Å². The molecule has 4 rings (SSSR count). The number of nitrogens with zero attached hydrogens (tertiary/aromatic N) is 3. The molecule has 0 unspecified atom stereocenters. The van der Waals surface area contributed by atoms with Crippen molar-refractivity contribution in [1.82, 2.24) is 14.1 Å². The first kappa shape index (κ1) is 16.1. The Morgan fingerprint density at radius 3 is 2.68 bits per heavy atom. The molecule has 1 N–H and O–H groups in total. The maximum Gasteiger partial charge on any atom is 0.330 e. The monoisotopic (exact) mass is 337 g/mol. The van der Waals surface area contributed by atoms with Gasteiger partial charge in [-0.25, -0.2) is 9.78 Å². The van der Waals surface area contributed by atoms with E-state index in [1.54, 1.807) is 25.5 Å². The average Bonchev–Trinajstić information content (AvgIpc) is 3.38. The highest BCUT2D eigenvalue weighted by Gasteiger charge is 2.24. The zero-order chi connectivity index (χ0) is 17.8. The largest absolute Gasteiger partial charge is 0.386 e. The van der Waals surface area contributed by atoms with Crippen LogP contribution in [0.3, 0.4) is 0 Å². The smallest absolute Gasteiger partial charge is 0.330 e. The summed E-state index contributed by atoms with van der Waals surface area (Å²) in [5, 5.41) is 10.2. The Balaban J connectivity index is 1.82. The standard InChI is InChI=1S/C20H23N3O2/c1-20(2,25)15-6-4-5-14(11-15)16-9-10-17-18(21-16)22(3)19(24)23(17)12-13-7-8-13/h4-6,9-11,13,25H,7-8,12H2,1-3H3. The van der Waals surface area contributed by atoms with E-state index in [2.05, 4.69) is 0 Å². The molecule has 0 radical (unpaired) electrons. The fourth-order valence-corrected chi connectivity index (χ4v) is 3.23. The second-order valence-corrected chi connectivity index (χ2v) is 7.57. The first-order valence-corrected chi connectivity index (χ1v) is 8.74. The molecular weight excluding hydrogens is 314 g/mol. The topological polar surface area (TPSA) is 60.0 Å². The fourth-order valence-electron chi connectivity index (χ4n) is 3.23. The molecule has 0 saturated heterocycles. The minimum atomic E-state index is -0.902. The van der Waals surface area contributed by atoms with Gasteiger partial charge < -0.3 is 5.11 Å². The van der Waals surface area contributed by atoms with E-state index in [1.807, 2.05) is 41.0 Å². The zero-order valence-corrected chi connectivity index (χ0v) is 14.9. The normalized spacial score (nSPS) is 15.0. The highest BCUT2D eigenvalue weighted by atomic mass is 16.3. The van der Waals surface area contributed by atoms with Gasteiger partial charge in [-0.15, -0.1) is 0 Å². The predicted octanol–water partition coefficient (Wildman–Crippen LogP) is 3.04. The van der Waals surface area contributed by atoms with Gasteiger partial charge >= 0.3 is 5.69 Å². The molecule has 0 spiro atoms. The zero-order valence-electron chi connectivity index (χ0n) is 14.9. The molecule has 1 aliphatic carbocycles. The number of benzene rings is 1. The number of fused-ring (bicyclic) bond motifs is 1. The number of pyridine rings is 1. The Morgan fingerprint density at radius 1 is 1.24 bits per heavy atom. The summed E-state index contributed by atoms with van der Waals surface area (Å²) in [5.74, 6) is 0.631. The molecule has 5 nitrogen and oxygen atoms in total. The third-order valence-electron chi connectivity index (χ3n) is 4.98. The molecule has 0 atom stereocenters. The molecule has 1 saturated carbocycles. The van der Waals surface area contributed by atoms with Crippen molar-refractivity contribution in [3.05, 3.63) is 52.4 Å². The van der Waals surface area contributed by atoms with Crippen molar-refractivity contribution >= 4 is 11.2 Å². The van der Waals surface area contributed by atoms with Crippen LogP contribution in [0, 0.1) is 5.92 Å². The van der Waals surface area contributed by atoms with Crippen LogP contribution in [-0.4, -0.2) is 19.2 Å². The van der Waals surface area contributed by atoms with Crippen LogP contribution in [0.5, 0.6) is 0 Å². The second-order valence-electron chi connectivity index (χ2n) is 7.57. The molecule has 25 heavy (non-hydrogen) atoms. The summed E-state index contributed by atoms with van der Waals surface area (Å²) in [5.41, 5.74) is 3.27. The van der Waals surface area contributed by atoms with Crippen molar-refractivity contribution < 1.29 is 5.11 Å². The van der Waals surface area contributed by atoms with Crippen molar-refractivity contribution in [1.29, 1.82) is 0 Å². The van der Waals surface area contributed by atoms with Gasteiger partial charge in [-0.2, -0.15) is 0 Å². The van der Waals surface area contributed by atoms with Crippen molar-refractivity contribution in [3.63, 3.8) is 0 Å². The van der Waals surface area contributed by atoms with Gasteiger partial charge in [-0.3, -0.25) is 9.13 Å². The van der Waals surface area contributed by atoms with E-state index in [0.29, 0.717) is 11.6 Å². The molecule has 1 fully saturated rings. The van der Waals surface area contributed by atoms with Crippen LogP contribution in [0.15, 0.2) is 41.2 Å². The minimum absolute atomic E-state index is 0.00297. The summed E-state index contributed by atoms with van der Waals surface area (Å²) < 4.78 is 3.47. The van der Waals surface area contributed by atoms with Gasteiger partial charge in [-0.05, 0) is 56.4 Å². The summed E-state index contributed by atoms with van der Waals surface area (Å²) in [6, 6.07) is 11.7. The third-order valence-corrected chi connectivity index (χ3v) is 4.98. The summed E-state index contributed by atoms with van der Waals surface area (Å²) in [6.07, 6.45) is 2.41. The van der Waals surface area contributed by atoms with Crippen LogP contribution < -0.4 is 5.69 Å². The Morgan fingerprint density at radius 2 is 2.00 bits per heavy atom. The Hall–Kier alpha value is -2.40. The Labute approximate surface area is 146 Å². The van der Waals surface area contributed by atoms with E-state index in [-0.39, 0.29) is 5.69 Å². The van der Waals surface area contributed by atoms with Gasteiger partial charge in [0.15, 0.2) is 5.65 Å². The molecule has 0 aliphatic heterocycles. The maximum absolute atomic E-state index is 12.5. The summed E-state index contributed by atoms with van der Waals surface area (Å²) in [7, 11) is 1.78. The van der Waals surface area contributed by atoms with E-state index in [0.717, 1.165) is 28.9 Å². The van der Waals surface area contributed by atoms with Gasteiger partial charge in [0.25, 0.3) is 0 Å². The lowest BCUT2D eigenvalue weighted by Gasteiger charge is -2.18. The van der Waals surface area contributed by atoms with Crippen molar-refractivity contribution in [2.24, 2.45) is 13.0 Å². The Kier molecular flexibility index (Phi) is 3.58. The number of imidazole rings is 1. The molecule has 1 aromatic carbocycles. The molecule has 2 heterocycles. The van der Waals surface area contributed by atoms with Crippen molar-refractivity contribution in [2.45, 2.75) is 38.8 Å². The molecule has 5 heteroatoms. The van der Waals surface area contributed by atoms with Crippen LogP contribution in [0.2, 0.25) is 0 Å². The average molecular weight is 337 g/mol. The van der Waals surface area contributed by atoms with Crippen molar-refractivity contribution in [3.8, 4) is 11.3 Å². The van der Waals surface area contributed by atoms with Crippen molar-refractivity contribution in [2.75, 3.05) is 0 Å². The molecular formula is C20H23N3O2. The number of hydrogen-bond donors (Lipinski definition) is 1. The van der Waals surface area contributed by atoms with Gasteiger partial charge in [0.05, 0.1) is 16.8 Å². The number of rotatable bonds is 4. The van der Waals surface area contributed by atoms with Crippen LogP contribution >= 0.6 is 0 Å². The molecule has 2 aromatic heterocycles. The predicted molar refractivity (Wildman–Crippen MR) is 98.4 cm³/mol. The molecule has 0 bridgehead atoms. The van der Waals surface area contributed by atoms with Gasteiger partial charge in [0.2, 0.25) is 0 Å². The minimum Gasteiger partial charge on any atom is -0.386 e. The SMILES string of the molecule is Cn1c(=O)n(CC2CC2)c2ccc(-c3cccc(C(C)(C)O)c3)nc21. The number of aromatic nitrogens is 3. The van der Waals surface area contributed by atoms with Crippen LogP contribution in [0.4, 0.5) is 0 Å². The molecule has 1 aliphatic rings. The lowest BCUT2D eigenvalue weighted by atomic mass is 9.95. The third kappa shape index (κ3) is 2.89. The quantitative estimate of drug-likeness (QED) is 0.796. The maximum atomic E-state index is 12.5. The number of hydrogen-bond acceptors (Lipinski definition) is 3. The first-order chi connectivity index (χ1) is 11.8. The summed E-state index contributed by atoms with van der Waals surface area (Å²) in [6.45, 7) is 4.32. The molecule has 130 valence electrons. The lowest BCUT2D eigenvalue weighted by molar-refractivity contribution is 0.0786. The van der Waals surface area contributed by atoms with Crippen LogP contribution in [0.25, 0.3) is 22.4 Å². The fraction of sp³-hybridized carbons (Fsp3) is 0.400. The van der Waals surface area contributed by atoms with E-state index >= 15 is 0 Å². The van der Waals surface area contributed by atoms with E-state index in [1.165, 1.54) is 12.8 Å². The van der Waals surface area contributed by atoms with Gasteiger partial charge in [-0.1, -0.05) is 18.2 Å². The highest BCUT2D eigenvalue weighted by Crippen LogP contribution is 2.31. The van der Waals surface area contributed by atoms with Crippen LogP contribution in [0.1, 0.15) is 32.3 Å². The summed E-state index contributed by atoms with van der Waals surface area (Å²) >= 11 is 0. The lowest BCUT2D eigenvalue weighted by Crippen LogP contribution is -2.22. The summed E-state index contributed by atoms with van der Waals surface area (Å²) in [4.78, 5) is 17.3. The second kappa shape index (κ2) is 5.56. The Bertz CT molecular complexity index is 1000. The molecule has 0 amide bonds. The molecule has 3 aromatic rings. The van der Waals surface area contributed by atoms with E-state index in [9.17, 15) is 9.90 Å². The van der Waals surface area contributed by atoms with E-state index < -0.39 is 5.60 Å². The number of aliphatic hydroxyl groups is 1. The highest BCUT2D eigenvalue weighted by molar-refractivity contribution is 5.76. The number of aryl methyl sites for hydroxylation is 1. The van der Waals surface area contributed by atoms with Crippen LogP contribution in [-0.2, 0) is 19.2 Å². The van der Waals surface area contributed by atoms with Gasteiger partial charge in [0, 0.05) is 19.2 Å². The first-order valence-electron chi connectivity index (χ1n) is 8.74.